The molecule has 0 bridgehead atoms. The van der Waals surface area contributed by atoms with E-state index in [2.05, 4.69) is 204 Å². The Hall–Kier alpha value is -5.66. The summed E-state index contributed by atoms with van der Waals surface area (Å²) in [7, 11) is 0. The molecule has 0 saturated carbocycles. The molecule has 0 amide bonds. The normalized spacial score (nSPS) is 27.3. The fourth-order valence-corrected chi connectivity index (χ4v) is 13.3. The zero-order valence-electron chi connectivity index (χ0n) is 32.5. The maximum atomic E-state index is 2.74. The van der Waals surface area contributed by atoms with Crippen LogP contribution in [0.4, 0.5) is 11.4 Å². The summed E-state index contributed by atoms with van der Waals surface area (Å²) >= 11 is 0. The number of nitrogens with zero attached hydrogens (tertiary/aromatic N) is 1. The van der Waals surface area contributed by atoms with E-state index in [9.17, 15) is 0 Å². The van der Waals surface area contributed by atoms with E-state index in [4.69, 9.17) is 0 Å². The summed E-state index contributed by atoms with van der Waals surface area (Å²) in [6.45, 7) is 14.9. The Morgan fingerprint density at radius 3 is 1.64 bits per heavy atom. The van der Waals surface area contributed by atoms with Crippen molar-refractivity contribution in [3.63, 3.8) is 0 Å². The topological polar surface area (TPSA) is 3.24 Å². The fourth-order valence-electron chi connectivity index (χ4n) is 13.3. The molecule has 12 rings (SSSR count). The van der Waals surface area contributed by atoms with Gasteiger partial charge in [0.25, 0.3) is 0 Å². The molecule has 0 radical (unpaired) electrons. The van der Waals surface area contributed by atoms with Crippen molar-refractivity contribution < 1.29 is 0 Å². The Morgan fingerprint density at radius 2 is 1.02 bits per heavy atom. The number of anilines is 2. The van der Waals surface area contributed by atoms with Crippen LogP contribution in [0.2, 0.25) is 0 Å². The molecule has 266 valence electrons. The van der Waals surface area contributed by atoms with Crippen molar-refractivity contribution in [3.8, 4) is 22.3 Å². The van der Waals surface area contributed by atoms with Crippen LogP contribution in [0.5, 0.6) is 0 Å². The maximum absolute atomic E-state index is 2.74. The minimum atomic E-state index is -0.427. The van der Waals surface area contributed by atoms with Gasteiger partial charge in [-0.1, -0.05) is 160 Å². The highest BCUT2D eigenvalue weighted by atomic mass is 15.2. The van der Waals surface area contributed by atoms with Crippen molar-refractivity contribution in [2.24, 2.45) is 5.92 Å². The van der Waals surface area contributed by atoms with Gasteiger partial charge in [0, 0.05) is 27.6 Å². The van der Waals surface area contributed by atoms with E-state index in [-0.39, 0.29) is 16.2 Å². The number of hydrogen-bond donors (Lipinski definition) is 0. The highest BCUT2D eigenvalue weighted by molar-refractivity contribution is 5.96. The number of rotatable bonds is 1. The molecule has 1 heteroatoms. The smallest absolute Gasteiger partial charge is 0.0836 e. The molecule has 0 aromatic heterocycles. The minimum absolute atomic E-state index is 0.117. The highest BCUT2D eigenvalue weighted by Crippen LogP contribution is 2.69. The Kier molecular flexibility index (Phi) is 5.73. The number of allylic oxidation sites excluding steroid dienone is 4. The van der Waals surface area contributed by atoms with E-state index >= 15 is 0 Å². The van der Waals surface area contributed by atoms with Gasteiger partial charge in [0.15, 0.2) is 0 Å². The van der Waals surface area contributed by atoms with Crippen molar-refractivity contribution in [2.45, 2.75) is 68.7 Å². The van der Waals surface area contributed by atoms with Crippen molar-refractivity contribution in [1.82, 2.24) is 0 Å². The van der Waals surface area contributed by atoms with Gasteiger partial charge >= 0.3 is 0 Å². The van der Waals surface area contributed by atoms with Crippen LogP contribution in [0.15, 0.2) is 174 Å². The fraction of sp³-hybridized carbons (Fsp3) is 0.222. The molecule has 0 fully saturated rings. The van der Waals surface area contributed by atoms with Crippen LogP contribution < -0.4 is 4.90 Å². The van der Waals surface area contributed by atoms with Crippen LogP contribution >= 0.6 is 0 Å². The molecule has 0 N–H and O–H groups in total. The predicted octanol–water partition coefficient (Wildman–Crippen LogP) is 12.9. The molecule has 1 heterocycles. The van der Waals surface area contributed by atoms with E-state index in [0.717, 1.165) is 0 Å². The van der Waals surface area contributed by atoms with E-state index in [1.54, 1.807) is 11.1 Å². The lowest BCUT2D eigenvalue weighted by Crippen LogP contribution is -2.59. The van der Waals surface area contributed by atoms with E-state index < -0.39 is 11.0 Å². The third-order valence-electron chi connectivity index (χ3n) is 15.2. The molecular weight excluding hydrogens is 663 g/mol. The monoisotopic (exact) mass is 707 g/mol. The summed E-state index contributed by atoms with van der Waals surface area (Å²) in [5.41, 5.74) is 21.0. The Labute approximate surface area is 325 Å². The van der Waals surface area contributed by atoms with Crippen molar-refractivity contribution in [3.05, 3.63) is 213 Å². The van der Waals surface area contributed by atoms with Crippen LogP contribution in [-0.4, -0.2) is 5.54 Å². The molecule has 1 spiro atoms. The first-order chi connectivity index (χ1) is 26.6. The standard InChI is InChI=1S/C54H45N/c1-33-29-30-51(4)44-25-15-16-26-46(44)55(52(5)32-47-50(2,3)42-23-13-14-24-43(42)53(47,6)48(33)49(51)52)34-27-28-38-37-19-9-12-22-41(37)54(45(38)31-34)39-20-10-7-17-35(39)36-18-8-11-21-40(36)54/h7-33H,1-6H3. The first-order valence-corrected chi connectivity index (χ1v) is 20.2. The summed E-state index contributed by atoms with van der Waals surface area (Å²) in [5, 5.41) is 0. The van der Waals surface area contributed by atoms with Gasteiger partial charge in [-0.2, -0.15) is 0 Å². The van der Waals surface area contributed by atoms with E-state index in [0.29, 0.717) is 5.92 Å². The average Bonchev–Trinajstić information content (AvgIpc) is 3.73. The molecule has 4 unspecified atom stereocenters. The number of hydrogen-bond acceptors (Lipinski definition) is 1. The van der Waals surface area contributed by atoms with Gasteiger partial charge in [0.05, 0.1) is 11.0 Å². The third kappa shape index (κ3) is 3.38. The van der Waals surface area contributed by atoms with Crippen molar-refractivity contribution >= 4 is 11.4 Å². The molecule has 6 aromatic carbocycles. The first-order valence-electron chi connectivity index (χ1n) is 20.2. The van der Waals surface area contributed by atoms with Gasteiger partial charge in [-0.25, -0.2) is 0 Å². The second kappa shape index (κ2) is 9.95. The second-order valence-electron chi connectivity index (χ2n) is 18.1. The molecule has 1 nitrogen and oxygen atoms in total. The molecule has 55 heavy (non-hydrogen) atoms. The summed E-state index contributed by atoms with van der Waals surface area (Å²) < 4.78 is 0. The largest absolute Gasteiger partial charge is 0.328 e. The number of benzene rings is 6. The molecular formula is C54H45N. The van der Waals surface area contributed by atoms with E-state index in [1.807, 2.05) is 0 Å². The van der Waals surface area contributed by atoms with E-state index in [1.165, 1.54) is 78.1 Å². The Bertz CT molecular complexity index is 2760. The second-order valence-corrected chi connectivity index (χ2v) is 18.1. The SMILES string of the molecule is CC1C=CC2(C)C3=C1C1(C)C(=CC3(C)N(c3ccc4c(c3)C3(c5ccccc5-c5ccccc53)c3ccccc3-4)c3ccccc32)C(C)(C)c2ccccc21. The van der Waals surface area contributed by atoms with Gasteiger partial charge in [-0.05, 0) is 123 Å². The Morgan fingerprint density at radius 1 is 0.509 bits per heavy atom. The average molecular weight is 708 g/mol. The molecule has 4 atom stereocenters. The first kappa shape index (κ1) is 31.7. The number of para-hydroxylation sites is 1. The van der Waals surface area contributed by atoms with Crippen molar-refractivity contribution in [2.75, 3.05) is 4.90 Å². The molecule has 6 aliphatic rings. The molecule has 0 saturated heterocycles. The van der Waals surface area contributed by atoms with Crippen LogP contribution in [0.3, 0.4) is 0 Å². The van der Waals surface area contributed by atoms with Gasteiger partial charge in [0.1, 0.15) is 0 Å². The van der Waals surface area contributed by atoms with Gasteiger partial charge < -0.3 is 4.90 Å². The van der Waals surface area contributed by atoms with Crippen LogP contribution in [0, 0.1) is 5.92 Å². The molecule has 5 aliphatic carbocycles. The summed E-state index contributed by atoms with van der Waals surface area (Å²) in [5.74, 6) is 0.300. The third-order valence-corrected chi connectivity index (χ3v) is 15.2. The van der Waals surface area contributed by atoms with Crippen LogP contribution in [-0.2, 0) is 21.7 Å². The zero-order valence-corrected chi connectivity index (χ0v) is 32.5. The van der Waals surface area contributed by atoms with Gasteiger partial charge in [0.2, 0.25) is 0 Å². The van der Waals surface area contributed by atoms with Gasteiger partial charge in [-0.3, -0.25) is 0 Å². The summed E-state index contributed by atoms with van der Waals surface area (Å²) in [6.07, 6.45) is 7.78. The lowest BCUT2D eigenvalue weighted by atomic mass is 9.50. The maximum Gasteiger partial charge on any atom is 0.0836 e. The quantitative estimate of drug-likeness (QED) is 0.154. The molecule has 6 aromatic rings. The van der Waals surface area contributed by atoms with Crippen LogP contribution in [0.1, 0.15) is 80.5 Å². The van der Waals surface area contributed by atoms with Crippen molar-refractivity contribution in [1.29, 1.82) is 0 Å². The Balaban J connectivity index is 1.19. The number of fused-ring (bicyclic) bond motifs is 16. The van der Waals surface area contributed by atoms with Gasteiger partial charge in [-0.15, -0.1) is 0 Å². The molecule has 1 aliphatic heterocycles. The lowest BCUT2D eigenvalue weighted by molar-refractivity contribution is 0.415. The summed E-state index contributed by atoms with van der Waals surface area (Å²) in [4.78, 5) is 2.74. The summed E-state index contributed by atoms with van der Waals surface area (Å²) in [6, 6.07) is 53.5. The predicted molar refractivity (Wildman–Crippen MR) is 227 cm³/mol. The van der Waals surface area contributed by atoms with Crippen LogP contribution in [0.25, 0.3) is 22.3 Å². The minimum Gasteiger partial charge on any atom is -0.328 e. The lowest BCUT2D eigenvalue weighted by Gasteiger charge is -2.61. The zero-order chi connectivity index (χ0) is 37.3. The highest BCUT2D eigenvalue weighted by Gasteiger charge is 2.63.